The lowest BCUT2D eigenvalue weighted by Crippen LogP contribution is -2.42. The second kappa shape index (κ2) is 8.00. The third kappa shape index (κ3) is 4.28. The molecule has 25 heavy (non-hydrogen) atoms. The summed E-state index contributed by atoms with van der Waals surface area (Å²) >= 11 is 5.77. The zero-order valence-electron chi connectivity index (χ0n) is 13.8. The number of carbonyl (C=O) groups is 1. The molecular formula is C16H18ClN3O5. The Morgan fingerprint density at radius 1 is 1.28 bits per heavy atom. The van der Waals surface area contributed by atoms with E-state index in [0.29, 0.717) is 10.8 Å². The van der Waals surface area contributed by atoms with E-state index >= 15 is 0 Å². The SMILES string of the molecule is Cc1c(NC(=O)COc2ccc(Cl)cc2)c(=O)n(C)c(=O)n1CCO. The van der Waals surface area contributed by atoms with Crippen LogP contribution >= 0.6 is 11.6 Å². The van der Waals surface area contributed by atoms with Crippen molar-refractivity contribution in [3.8, 4) is 5.75 Å². The van der Waals surface area contributed by atoms with Gasteiger partial charge >= 0.3 is 5.69 Å². The lowest BCUT2D eigenvalue weighted by molar-refractivity contribution is -0.118. The summed E-state index contributed by atoms with van der Waals surface area (Å²) in [6.07, 6.45) is 0. The number of hydrogen-bond donors (Lipinski definition) is 2. The van der Waals surface area contributed by atoms with Crippen LogP contribution in [0.3, 0.4) is 0 Å². The van der Waals surface area contributed by atoms with Crippen molar-refractivity contribution in [1.29, 1.82) is 0 Å². The van der Waals surface area contributed by atoms with Crippen molar-refractivity contribution in [3.05, 3.63) is 55.8 Å². The first-order valence-electron chi connectivity index (χ1n) is 7.44. The molecule has 1 amide bonds. The van der Waals surface area contributed by atoms with Crippen LogP contribution in [0, 0.1) is 6.92 Å². The average Bonchev–Trinajstić information content (AvgIpc) is 2.60. The molecule has 0 bridgehead atoms. The van der Waals surface area contributed by atoms with Crippen molar-refractivity contribution in [2.45, 2.75) is 13.5 Å². The number of carbonyl (C=O) groups excluding carboxylic acids is 1. The highest BCUT2D eigenvalue weighted by Crippen LogP contribution is 2.15. The van der Waals surface area contributed by atoms with Gasteiger partial charge in [0.2, 0.25) is 0 Å². The van der Waals surface area contributed by atoms with E-state index in [-0.39, 0.29) is 31.1 Å². The van der Waals surface area contributed by atoms with Crippen molar-refractivity contribution in [2.24, 2.45) is 7.05 Å². The van der Waals surface area contributed by atoms with E-state index in [2.05, 4.69) is 5.32 Å². The van der Waals surface area contributed by atoms with Crippen LogP contribution in [0.2, 0.25) is 5.02 Å². The van der Waals surface area contributed by atoms with Gasteiger partial charge in [0, 0.05) is 17.8 Å². The van der Waals surface area contributed by atoms with Crippen LogP contribution in [0.15, 0.2) is 33.9 Å². The lowest BCUT2D eigenvalue weighted by Gasteiger charge is -2.15. The Morgan fingerprint density at radius 2 is 1.92 bits per heavy atom. The van der Waals surface area contributed by atoms with Crippen LogP contribution in [-0.4, -0.2) is 33.4 Å². The fraction of sp³-hybridized carbons (Fsp3) is 0.312. The molecule has 1 aromatic heterocycles. The third-order valence-corrected chi connectivity index (χ3v) is 3.83. The molecule has 0 atom stereocenters. The molecule has 2 rings (SSSR count). The Hall–Kier alpha value is -2.58. The van der Waals surface area contributed by atoms with Gasteiger partial charge in [0.15, 0.2) is 6.61 Å². The van der Waals surface area contributed by atoms with Crippen LogP contribution in [-0.2, 0) is 18.4 Å². The number of amides is 1. The summed E-state index contributed by atoms with van der Waals surface area (Å²) in [7, 11) is 1.30. The summed E-state index contributed by atoms with van der Waals surface area (Å²) in [4.78, 5) is 36.3. The van der Waals surface area contributed by atoms with Gasteiger partial charge in [0.05, 0.1) is 13.2 Å². The maximum Gasteiger partial charge on any atom is 0.331 e. The number of hydrogen-bond acceptors (Lipinski definition) is 5. The van der Waals surface area contributed by atoms with Gasteiger partial charge in [0.1, 0.15) is 11.4 Å². The minimum atomic E-state index is -0.628. The van der Waals surface area contributed by atoms with E-state index in [4.69, 9.17) is 21.4 Å². The van der Waals surface area contributed by atoms with Gasteiger partial charge in [-0.3, -0.25) is 18.7 Å². The van der Waals surface area contributed by atoms with E-state index in [1.807, 2.05) is 0 Å². The molecule has 1 heterocycles. The third-order valence-electron chi connectivity index (χ3n) is 3.57. The van der Waals surface area contributed by atoms with E-state index in [1.165, 1.54) is 18.5 Å². The number of nitrogens with zero attached hydrogens (tertiary/aromatic N) is 2. The Labute approximate surface area is 148 Å². The highest BCUT2D eigenvalue weighted by atomic mass is 35.5. The molecule has 134 valence electrons. The molecule has 0 unspecified atom stereocenters. The summed E-state index contributed by atoms with van der Waals surface area (Å²) in [6, 6.07) is 6.47. The minimum absolute atomic E-state index is 0.0168. The molecule has 0 fully saturated rings. The van der Waals surface area contributed by atoms with Gasteiger partial charge in [0.25, 0.3) is 11.5 Å². The second-order valence-corrected chi connectivity index (χ2v) is 5.71. The standard InChI is InChI=1S/C16H18ClN3O5/c1-10-14(15(23)19(2)16(24)20(10)7-8-21)18-13(22)9-25-12-5-3-11(17)4-6-12/h3-6,21H,7-9H2,1-2H3,(H,18,22). The maximum atomic E-state index is 12.2. The first-order chi connectivity index (χ1) is 11.8. The minimum Gasteiger partial charge on any atom is -0.484 e. The zero-order chi connectivity index (χ0) is 18.6. The molecular weight excluding hydrogens is 350 g/mol. The molecule has 9 heteroatoms. The van der Waals surface area contributed by atoms with E-state index in [1.54, 1.807) is 24.3 Å². The monoisotopic (exact) mass is 367 g/mol. The summed E-state index contributed by atoms with van der Waals surface area (Å²) in [5, 5.41) is 12.1. The number of halogens is 1. The van der Waals surface area contributed by atoms with Crippen LogP contribution in [0.5, 0.6) is 5.75 Å². The topological polar surface area (TPSA) is 103 Å². The number of ether oxygens (including phenoxy) is 1. The van der Waals surface area contributed by atoms with Gasteiger partial charge < -0.3 is 15.2 Å². The second-order valence-electron chi connectivity index (χ2n) is 5.27. The molecule has 0 saturated heterocycles. The molecule has 1 aromatic carbocycles. The fourth-order valence-electron chi connectivity index (χ4n) is 2.23. The number of anilines is 1. The predicted octanol–water partition coefficient (Wildman–Crippen LogP) is 0.519. The Kier molecular flexibility index (Phi) is 6.00. The van der Waals surface area contributed by atoms with Crippen LogP contribution in [0.4, 0.5) is 5.69 Å². The van der Waals surface area contributed by atoms with Crippen molar-refractivity contribution in [1.82, 2.24) is 9.13 Å². The van der Waals surface area contributed by atoms with Crippen molar-refractivity contribution in [3.63, 3.8) is 0 Å². The Balaban J connectivity index is 2.18. The summed E-state index contributed by atoms with van der Waals surface area (Å²) in [6.45, 7) is 0.951. The average molecular weight is 368 g/mol. The zero-order valence-corrected chi connectivity index (χ0v) is 14.5. The molecule has 2 N–H and O–H groups in total. The number of aliphatic hydroxyl groups is 1. The number of nitrogens with one attached hydrogen (secondary N) is 1. The van der Waals surface area contributed by atoms with Crippen LogP contribution < -0.4 is 21.3 Å². The summed E-state index contributed by atoms with van der Waals surface area (Å²) < 4.78 is 7.41. The van der Waals surface area contributed by atoms with E-state index in [9.17, 15) is 14.4 Å². The highest BCUT2D eigenvalue weighted by Gasteiger charge is 2.16. The molecule has 0 saturated carbocycles. The molecule has 0 radical (unpaired) electrons. The van der Waals surface area contributed by atoms with Crippen LogP contribution in [0.1, 0.15) is 5.69 Å². The quantitative estimate of drug-likeness (QED) is 0.774. The molecule has 0 spiro atoms. The fourth-order valence-corrected chi connectivity index (χ4v) is 2.36. The van der Waals surface area contributed by atoms with Crippen LogP contribution in [0.25, 0.3) is 0 Å². The normalized spacial score (nSPS) is 10.6. The van der Waals surface area contributed by atoms with Gasteiger partial charge in [-0.05, 0) is 31.2 Å². The Bertz CT molecular complexity index is 886. The lowest BCUT2D eigenvalue weighted by atomic mass is 10.3. The number of benzene rings is 1. The number of aliphatic hydroxyl groups excluding tert-OH is 1. The van der Waals surface area contributed by atoms with Gasteiger partial charge in [-0.1, -0.05) is 11.6 Å². The summed E-state index contributed by atoms with van der Waals surface area (Å²) in [5.41, 5.74) is -0.953. The Morgan fingerprint density at radius 3 is 2.52 bits per heavy atom. The first-order valence-corrected chi connectivity index (χ1v) is 7.82. The molecule has 8 nitrogen and oxygen atoms in total. The van der Waals surface area contributed by atoms with Crippen molar-refractivity contribution < 1.29 is 14.6 Å². The smallest absolute Gasteiger partial charge is 0.331 e. The predicted molar refractivity (Wildman–Crippen MR) is 93.3 cm³/mol. The molecule has 2 aromatic rings. The van der Waals surface area contributed by atoms with E-state index in [0.717, 1.165) is 4.57 Å². The van der Waals surface area contributed by atoms with Crippen molar-refractivity contribution in [2.75, 3.05) is 18.5 Å². The molecule has 0 aliphatic rings. The van der Waals surface area contributed by atoms with Gasteiger partial charge in [-0.15, -0.1) is 0 Å². The highest BCUT2D eigenvalue weighted by molar-refractivity contribution is 6.30. The van der Waals surface area contributed by atoms with Crippen molar-refractivity contribution >= 4 is 23.2 Å². The largest absolute Gasteiger partial charge is 0.484 e. The van der Waals surface area contributed by atoms with Gasteiger partial charge in [-0.2, -0.15) is 0 Å². The maximum absolute atomic E-state index is 12.2. The molecule has 0 aliphatic carbocycles. The molecule has 0 aliphatic heterocycles. The van der Waals surface area contributed by atoms with E-state index < -0.39 is 17.2 Å². The van der Waals surface area contributed by atoms with Gasteiger partial charge in [-0.25, -0.2) is 4.79 Å². The number of rotatable bonds is 6. The number of aromatic nitrogens is 2. The summed E-state index contributed by atoms with van der Waals surface area (Å²) in [5.74, 6) is -0.0984. The first kappa shape index (κ1) is 18.8.